The van der Waals surface area contributed by atoms with Crippen molar-refractivity contribution in [1.29, 1.82) is 0 Å². The highest BCUT2D eigenvalue weighted by atomic mass is 35.5. The van der Waals surface area contributed by atoms with Gasteiger partial charge in [0.25, 0.3) is 0 Å². The molecule has 2 aromatic carbocycles. The van der Waals surface area contributed by atoms with Crippen LogP contribution in [0, 0.1) is 0 Å². The third kappa shape index (κ3) is 3.08. The Morgan fingerprint density at radius 2 is 1.83 bits per heavy atom. The Morgan fingerprint density at radius 1 is 1.11 bits per heavy atom. The molecule has 0 fully saturated rings. The summed E-state index contributed by atoms with van der Waals surface area (Å²) in [6, 6.07) is 12.1. The molecule has 3 nitrogen and oxygen atoms in total. The maximum Gasteiger partial charge on any atom is 0.129 e. The van der Waals surface area contributed by atoms with Crippen LogP contribution in [0.15, 0.2) is 42.5 Å². The second-order valence-electron chi connectivity index (χ2n) is 3.74. The molecule has 0 aliphatic heterocycles. The van der Waals surface area contributed by atoms with Gasteiger partial charge < -0.3 is 14.6 Å². The maximum atomic E-state index is 9.35. The lowest BCUT2D eigenvalue weighted by Gasteiger charge is -2.10. The third-order valence-corrected chi connectivity index (χ3v) is 2.73. The van der Waals surface area contributed by atoms with Gasteiger partial charge in [-0.05, 0) is 36.4 Å². The van der Waals surface area contributed by atoms with Crippen molar-refractivity contribution in [3.8, 4) is 17.2 Å². The molecule has 0 radical (unpaired) electrons. The number of halogens is 1. The number of phenolic OH excluding ortho intramolecular Hbond substituents is 1. The van der Waals surface area contributed by atoms with Gasteiger partial charge in [-0.2, -0.15) is 0 Å². The Bertz CT molecular complexity index is 523. The van der Waals surface area contributed by atoms with Crippen LogP contribution in [0.5, 0.6) is 17.2 Å². The highest BCUT2D eigenvalue weighted by Gasteiger charge is 2.05. The van der Waals surface area contributed by atoms with Crippen LogP contribution in [0.3, 0.4) is 0 Å². The number of rotatable bonds is 4. The maximum absolute atomic E-state index is 9.35. The summed E-state index contributed by atoms with van der Waals surface area (Å²) < 4.78 is 10.8. The molecule has 4 heteroatoms. The molecular weight excluding hydrogens is 252 g/mol. The molecule has 18 heavy (non-hydrogen) atoms. The fourth-order valence-electron chi connectivity index (χ4n) is 1.54. The molecule has 0 aliphatic rings. The van der Waals surface area contributed by atoms with Crippen LogP contribution in [0.1, 0.15) is 5.56 Å². The van der Waals surface area contributed by atoms with E-state index in [1.807, 2.05) is 0 Å². The quantitative estimate of drug-likeness (QED) is 0.916. The van der Waals surface area contributed by atoms with Crippen molar-refractivity contribution >= 4 is 11.6 Å². The standard InChI is InChI=1S/C14H13ClO3/c1-17-14-8-12(16)5-2-10(14)9-18-13-6-3-11(15)4-7-13/h2-8,16H,9H2,1H3. The van der Waals surface area contributed by atoms with E-state index in [2.05, 4.69) is 0 Å². The molecule has 2 rings (SSSR count). The number of ether oxygens (including phenoxy) is 2. The zero-order valence-corrected chi connectivity index (χ0v) is 10.6. The lowest BCUT2D eigenvalue weighted by molar-refractivity contribution is 0.296. The van der Waals surface area contributed by atoms with E-state index in [4.69, 9.17) is 21.1 Å². The number of hydrogen-bond acceptors (Lipinski definition) is 3. The summed E-state index contributed by atoms with van der Waals surface area (Å²) >= 11 is 5.79. The summed E-state index contributed by atoms with van der Waals surface area (Å²) in [5.41, 5.74) is 0.866. The molecule has 0 spiro atoms. The second-order valence-corrected chi connectivity index (χ2v) is 4.18. The number of methoxy groups -OCH3 is 1. The Morgan fingerprint density at radius 3 is 2.50 bits per heavy atom. The van der Waals surface area contributed by atoms with E-state index >= 15 is 0 Å². The highest BCUT2D eigenvalue weighted by Crippen LogP contribution is 2.25. The first-order valence-electron chi connectivity index (χ1n) is 5.43. The zero-order chi connectivity index (χ0) is 13.0. The van der Waals surface area contributed by atoms with Crippen LogP contribution in [0.2, 0.25) is 5.02 Å². The molecule has 0 saturated carbocycles. The van der Waals surface area contributed by atoms with E-state index < -0.39 is 0 Å². The summed E-state index contributed by atoms with van der Waals surface area (Å²) in [6.45, 7) is 0.366. The molecule has 0 amide bonds. The minimum atomic E-state index is 0.169. The monoisotopic (exact) mass is 264 g/mol. The number of phenols is 1. The molecule has 0 saturated heterocycles. The average Bonchev–Trinajstić information content (AvgIpc) is 2.39. The summed E-state index contributed by atoms with van der Waals surface area (Å²) in [6.07, 6.45) is 0. The molecule has 0 atom stereocenters. The molecule has 0 aromatic heterocycles. The van der Waals surface area contributed by atoms with Crippen LogP contribution in [-0.4, -0.2) is 12.2 Å². The Kier molecular flexibility index (Phi) is 3.95. The van der Waals surface area contributed by atoms with E-state index in [9.17, 15) is 5.11 Å². The second kappa shape index (κ2) is 5.65. The summed E-state index contributed by atoms with van der Waals surface area (Å²) in [5.74, 6) is 1.50. The van der Waals surface area contributed by atoms with E-state index in [1.165, 1.54) is 0 Å². The molecule has 0 unspecified atom stereocenters. The summed E-state index contributed by atoms with van der Waals surface area (Å²) in [4.78, 5) is 0. The Balaban J connectivity index is 2.08. The zero-order valence-electron chi connectivity index (χ0n) is 9.89. The average molecular weight is 265 g/mol. The molecule has 0 bridgehead atoms. The highest BCUT2D eigenvalue weighted by molar-refractivity contribution is 6.30. The van der Waals surface area contributed by atoms with Gasteiger partial charge in [0.1, 0.15) is 23.9 Å². The van der Waals surface area contributed by atoms with Gasteiger partial charge in [0, 0.05) is 16.7 Å². The first-order valence-corrected chi connectivity index (χ1v) is 5.81. The molecule has 94 valence electrons. The van der Waals surface area contributed by atoms with Crippen molar-refractivity contribution in [2.75, 3.05) is 7.11 Å². The van der Waals surface area contributed by atoms with Gasteiger partial charge in [-0.25, -0.2) is 0 Å². The molecule has 2 aromatic rings. The predicted molar refractivity (Wildman–Crippen MR) is 70.4 cm³/mol. The molecule has 1 N–H and O–H groups in total. The van der Waals surface area contributed by atoms with Crippen LogP contribution in [0.4, 0.5) is 0 Å². The minimum Gasteiger partial charge on any atom is -0.508 e. The molecule has 0 aliphatic carbocycles. The van der Waals surface area contributed by atoms with Crippen molar-refractivity contribution in [1.82, 2.24) is 0 Å². The van der Waals surface area contributed by atoms with Gasteiger partial charge in [0.15, 0.2) is 0 Å². The van der Waals surface area contributed by atoms with Crippen molar-refractivity contribution in [3.05, 3.63) is 53.1 Å². The Hall–Kier alpha value is -1.87. The van der Waals surface area contributed by atoms with Crippen molar-refractivity contribution in [3.63, 3.8) is 0 Å². The summed E-state index contributed by atoms with van der Waals surface area (Å²) in [5, 5.41) is 10.0. The number of aromatic hydroxyl groups is 1. The third-order valence-electron chi connectivity index (χ3n) is 2.48. The minimum absolute atomic E-state index is 0.169. The first kappa shape index (κ1) is 12.6. The number of benzene rings is 2. The Labute approximate surface area is 111 Å². The molecule has 0 heterocycles. The van der Waals surface area contributed by atoms with Gasteiger partial charge >= 0.3 is 0 Å². The van der Waals surface area contributed by atoms with Crippen LogP contribution in [-0.2, 0) is 6.61 Å². The van der Waals surface area contributed by atoms with Gasteiger partial charge in [0.05, 0.1) is 7.11 Å². The van der Waals surface area contributed by atoms with Crippen molar-refractivity contribution in [2.45, 2.75) is 6.61 Å². The van der Waals surface area contributed by atoms with Crippen molar-refractivity contribution < 1.29 is 14.6 Å². The van der Waals surface area contributed by atoms with Crippen molar-refractivity contribution in [2.24, 2.45) is 0 Å². The lowest BCUT2D eigenvalue weighted by atomic mass is 10.2. The van der Waals surface area contributed by atoms with Gasteiger partial charge in [-0.1, -0.05) is 11.6 Å². The van der Waals surface area contributed by atoms with Crippen LogP contribution >= 0.6 is 11.6 Å². The van der Waals surface area contributed by atoms with E-state index in [0.717, 1.165) is 11.3 Å². The predicted octanol–water partition coefficient (Wildman–Crippen LogP) is 3.63. The fraction of sp³-hybridized carbons (Fsp3) is 0.143. The molecular formula is C14H13ClO3. The SMILES string of the molecule is COc1cc(O)ccc1COc1ccc(Cl)cc1. The van der Waals surface area contributed by atoms with Gasteiger partial charge in [-0.3, -0.25) is 0 Å². The van der Waals surface area contributed by atoms with Crippen LogP contribution in [0.25, 0.3) is 0 Å². The van der Waals surface area contributed by atoms with E-state index in [0.29, 0.717) is 17.4 Å². The topological polar surface area (TPSA) is 38.7 Å². The first-order chi connectivity index (χ1) is 8.69. The summed E-state index contributed by atoms with van der Waals surface area (Å²) in [7, 11) is 1.56. The van der Waals surface area contributed by atoms with Gasteiger partial charge in [0.2, 0.25) is 0 Å². The largest absolute Gasteiger partial charge is 0.508 e. The smallest absolute Gasteiger partial charge is 0.129 e. The van der Waals surface area contributed by atoms with E-state index in [1.54, 1.807) is 49.6 Å². The van der Waals surface area contributed by atoms with Gasteiger partial charge in [-0.15, -0.1) is 0 Å². The van der Waals surface area contributed by atoms with E-state index in [-0.39, 0.29) is 5.75 Å². The number of hydrogen-bond donors (Lipinski definition) is 1. The fourth-order valence-corrected chi connectivity index (χ4v) is 1.67. The van der Waals surface area contributed by atoms with Crippen LogP contribution < -0.4 is 9.47 Å². The lowest BCUT2D eigenvalue weighted by Crippen LogP contribution is -1.98. The normalized spacial score (nSPS) is 10.1.